The van der Waals surface area contributed by atoms with Crippen LogP contribution < -0.4 is 10.2 Å². The maximum atomic E-state index is 12.4. The zero-order valence-corrected chi connectivity index (χ0v) is 11.5. The second-order valence-corrected chi connectivity index (χ2v) is 5.11. The molecule has 1 aromatic heterocycles. The molecule has 2 rings (SSSR count). The van der Waals surface area contributed by atoms with Crippen LogP contribution in [0.3, 0.4) is 0 Å². The monoisotopic (exact) mass is 269 g/mol. The summed E-state index contributed by atoms with van der Waals surface area (Å²) in [6, 6.07) is 4.59. The zero-order chi connectivity index (χ0) is 13.8. The quantitative estimate of drug-likeness (QED) is 0.824. The minimum absolute atomic E-state index is 0.282. The van der Waals surface area contributed by atoms with E-state index < -0.39 is 6.43 Å². The molecule has 1 aromatic rings. The van der Waals surface area contributed by atoms with Gasteiger partial charge in [0.25, 0.3) is 6.43 Å². The molecular formula is C14H21F2N3. The molecule has 3 nitrogen and oxygen atoms in total. The molecule has 1 heterocycles. The van der Waals surface area contributed by atoms with Gasteiger partial charge in [-0.25, -0.2) is 13.8 Å². The van der Waals surface area contributed by atoms with Crippen LogP contribution in [0.1, 0.15) is 31.0 Å². The van der Waals surface area contributed by atoms with E-state index in [1.54, 1.807) is 7.05 Å². The van der Waals surface area contributed by atoms with Gasteiger partial charge in [-0.3, -0.25) is 0 Å². The van der Waals surface area contributed by atoms with Gasteiger partial charge in [-0.2, -0.15) is 0 Å². The van der Waals surface area contributed by atoms with Gasteiger partial charge in [-0.05, 0) is 37.0 Å². The molecule has 1 saturated carbocycles. The van der Waals surface area contributed by atoms with E-state index in [9.17, 15) is 8.78 Å². The van der Waals surface area contributed by atoms with Crippen LogP contribution in [0.15, 0.2) is 12.1 Å². The maximum absolute atomic E-state index is 12.4. The fourth-order valence-electron chi connectivity index (χ4n) is 1.96. The number of nitrogens with one attached hydrogen (secondary N) is 1. The first kappa shape index (κ1) is 14.2. The fourth-order valence-corrected chi connectivity index (χ4v) is 1.96. The second-order valence-electron chi connectivity index (χ2n) is 5.11. The number of anilines is 1. The van der Waals surface area contributed by atoms with Crippen molar-refractivity contribution < 1.29 is 8.78 Å². The normalized spacial score (nSPS) is 15.0. The lowest BCUT2D eigenvalue weighted by atomic mass is 10.2. The predicted molar refractivity (Wildman–Crippen MR) is 72.8 cm³/mol. The average molecular weight is 269 g/mol. The molecule has 19 heavy (non-hydrogen) atoms. The summed E-state index contributed by atoms with van der Waals surface area (Å²) in [5.41, 5.74) is 2.07. The molecule has 5 heteroatoms. The van der Waals surface area contributed by atoms with E-state index in [1.165, 1.54) is 17.7 Å². The number of nitrogens with zero attached hydrogens (tertiary/aromatic N) is 2. The summed E-state index contributed by atoms with van der Waals surface area (Å²) in [5.74, 6) is 0.632. The Hall–Kier alpha value is -1.23. The zero-order valence-electron chi connectivity index (χ0n) is 11.5. The van der Waals surface area contributed by atoms with Gasteiger partial charge in [0.15, 0.2) is 0 Å². The first-order valence-corrected chi connectivity index (χ1v) is 6.81. The highest BCUT2D eigenvalue weighted by atomic mass is 19.3. The topological polar surface area (TPSA) is 28.2 Å². The third-order valence-electron chi connectivity index (χ3n) is 3.26. The molecule has 0 spiro atoms. The Bertz CT molecular complexity index is 419. The van der Waals surface area contributed by atoms with E-state index in [4.69, 9.17) is 0 Å². The molecule has 1 N–H and O–H groups in total. The number of alkyl halides is 2. The first-order valence-electron chi connectivity index (χ1n) is 6.81. The summed E-state index contributed by atoms with van der Waals surface area (Å²) in [6.07, 6.45) is 0.950. The van der Waals surface area contributed by atoms with Crippen LogP contribution in [-0.4, -0.2) is 31.0 Å². The van der Waals surface area contributed by atoms with E-state index in [0.29, 0.717) is 11.9 Å². The number of hydrogen-bond donors (Lipinski definition) is 1. The molecule has 0 bridgehead atoms. The molecule has 0 aliphatic heterocycles. The Balaban J connectivity index is 2.09. The van der Waals surface area contributed by atoms with Gasteiger partial charge >= 0.3 is 0 Å². The second kappa shape index (κ2) is 6.28. The Morgan fingerprint density at radius 3 is 2.74 bits per heavy atom. The summed E-state index contributed by atoms with van der Waals surface area (Å²) in [6.45, 7) is 2.53. The highest BCUT2D eigenvalue weighted by Crippen LogP contribution is 2.21. The third-order valence-corrected chi connectivity index (χ3v) is 3.26. The minimum atomic E-state index is -2.34. The van der Waals surface area contributed by atoms with E-state index in [-0.39, 0.29) is 6.54 Å². The molecule has 0 radical (unpaired) electrons. The van der Waals surface area contributed by atoms with Crippen molar-refractivity contribution in [1.82, 2.24) is 10.3 Å². The number of halogens is 2. The van der Waals surface area contributed by atoms with Crippen LogP contribution in [0, 0.1) is 0 Å². The van der Waals surface area contributed by atoms with Gasteiger partial charge in [-0.15, -0.1) is 0 Å². The summed E-state index contributed by atoms with van der Waals surface area (Å²) in [7, 11) is 1.66. The van der Waals surface area contributed by atoms with Crippen LogP contribution in [0.25, 0.3) is 0 Å². The Kier molecular flexibility index (Phi) is 4.69. The lowest BCUT2D eigenvalue weighted by Gasteiger charge is -2.19. The smallest absolute Gasteiger partial charge is 0.255 e. The van der Waals surface area contributed by atoms with Gasteiger partial charge in [0.2, 0.25) is 0 Å². The van der Waals surface area contributed by atoms with Crippen molar-refractivity contribution in [3.63, 3.8) is 0 Å². The predicted octanol–water partition coefficient (Wildman–Crippen LogP) is 2.60. The summed E-state index contributed by atoms with van der Waals surface area (Å²) in [5, 5.41) is 3.44. The van der Waals surface area contributed by atoms with Crippen LogP contribution in [0.4, 0.5) is 14.6 Å². The molecule has 0 amide bonds. The molecule has 1 aliphatic rings. The fraction of sp³-hybridized carbons (Fsp3) is 0.643. The van der Waals surface area contributed by atoms with E-state index >= 15 is 0 Å². The van der Waals surface area contributed by atoms with Crippen LogP contribution >= 0.6 is 0 Å². The van der Waals surface area contributed by atoms with Gasteiger partial charge in [0.1, 0.15) is 5.82 Å². The summed E-state index contributed by atoms with van der Waals surface area (Å²) < 4.78 is 24.9. The Morgan fingerprint density at radius 1 is 1.42 bits per heavy atom. The molecule has 0 aromatic carbocycles. The van der Waals surface area contributed by atoms with Crippen LogP contribution in [-0.2, 0) is 13.0 Å². The van der Waals surface area contributed by atoms with Gasteiger partial charge in [0.05, 0.1) is 6.54 Å². The highest BCUT2D eigenvalue weighted by molar-refractivity contribution is 5.42. The van der Waals surface area contributed by atoms with Crippen LogP contribution in [0.2, 0.25) is 0 Å². The number of rotatable bonds is 7. The molecule has 0 atom stereocenters. The number of hydrogen-bond acceptors (Lipinski definition) is 3. The van der Waals surface area contributed by atoms with Gasteiger partial charge in [-0.1, -0.05) is 6.92 Å². The highest BCUT2D eigenvalue weighted by Gasteiger charge is 2.20. The van der Waals surface area contributed by atoms with E-state index in [0.717, 1.165) is 24.2 Å². The number of aryl methyl sites for hydroxylation is 1. The molecule has 1 aliphatic carbocycles. The van der Waals surface area contributed by atoms with Crippen molar-refractivity contribution in [2.45, 2.75) is 45.2 Å². The largest absolute Gasteiger partial charge is 0.354 e. The van der Waals surface area contributed by atoms with Crippen molar-refractivity contribution in [2.24, 2.45) is 0 Å². The number of aromatic nitrogens is 1. The summed E-state index contributed by atoms with van der Waals surface area (Å²) in [4.78, 5) is 5.93. The first-order chi connectivity index (χ1) is 9.08. The van der Waals surface area contributed by atoms with Gasteiger partial charge < -0.3 is 10.2 Å². The van der Waals surface area contributed by atoms with Crippen molar-refractivity contribution in [2.75, 3.05) is 18.5 Å². The standard InChI is InChI=1S/C14H21F2N3/c1-3-11-6-10(8-17-12-4-5-12)7-14(18-11)19(2)9-13(15)16/h6-7,12-13,17H,3-5,8-9H2,1-2H3. The van der Waals surface area contributed by atoms with Crippen molar-refractivity contribution in [3.05, 3.63) is 23.4 Å². The molecular weight excluding hydrogens is 248 g/mol. The van der Waals surface area contributed by atoms with Crippen molar-refractivity contribution in [3.8, 4) is 0 Å². The molecule has 1 fully saturated rings. The summed E-state index contributed by atoms with van der Waals surface area (Å²) >= 11 is 0. The average Bonchev–Trinajstić information content (AvgIpc) is 3.19. The molecule has 0 saturated heterocycles. The molecule has 106 valence electrons. The van der Waals surface area contributed by atoms with Crippen molar-refractivity contribution >= 4 is 5.82 Å². The SMILES string of the molecule is CCc1cc(CNC2CC2)cc(N(C)CC(F)F)n1. The number of pyridine rings is 1. The van der Waals surface area contributed by atoms with E-state index in [1.807, 2.05) is 13.0 Å². The minimum Gasteiger partial charge on any atom is -0.354 e. The van der Waals surface area contributed by atoms with Crippen LogP contribution in [0.5, 0.6) is 0 Å². The van der Waals surface area contributed by atoms with Gasteiger partial charge in [0, 0.05) is 25.3 Å². The lowest BCUT2D eigenvalue weighted by Crippen LogP contribution is -2.25. The Morgan fingerprint density at radius 2 is 2.16 bits per heavy atom. The lowest BCUT2D eigenvalue weighted by molar-refractivity contribution is 0.156. The Labute approximate surface area is 113 Å². The maximum Gasteiger partial charge on any atom is 0.255 e. The van der Waals surface area contributed by atoms with E-state index in [2.05, 4.69) is 16.4 Å². The third kappa shape index (κ3) is 4.42. The van der Waals surface area contributed by atoms with Crippen molar-refractivity contribution in [1.29, 1.82) is 0 Å². The molecule has 0 unspecified atom stereocenters.